The number of rotatable bonds is 2. The Morgan fingerprint density at radius 3 is 3.10 bits per heavy atom. The van der Waals surface area contributed by atoms with Gasteiger partial charge in [0.05, 0.1) is 18.5 Å². The number of carbonyl (C=O) groups excluding carboxylic acids is 1. The maximum Gasteiger partial charge on any atom is 0.495 e. The van der Waals surface area contributed by atoms with Gasteiger partial charge in [0, 0.05) is 0 Å². The molecule has 0 bridgehead atoms. The van der Waals surface area contributed by atoms with E-state index in [9.17, 15) is 4.79 Å². The number of hydrogen-bond acceptors (Lipinski definition) is 5. The molecule has 0 aliphatic carbocycles. The van der Waals surface area contributed by atoms with E-state index in [1.54, 1.807) is 6.26 Å². The molecule has 0 aromatic heterocycles. The van der Waals surface area contributed by atoms with Gasteiger partial charge in [0.25, 0.3) is 0 Å². The molecule has 0 radical (unpaired) electrons. The minimum absolute atomic E-state index is 0.0477. The summed E-state index contributed by atoms with van der Waals surface area (Å²) in [5, 5.41) is 0. The maximum absolute atomic E-state index is 10.8. The Labute approximate surface area is 117 Å². The van der Waals surface area contributed by atoms with Crippen molar-refractivity contribution in [3.63, 3.8) is 0 Å². The van der Waals surface area contributed by atoms with Crippen molar-refractivity contribution >= 4 is 13.2 Å². The summed E-state index contributed by atoms with van der Waals surface area (Å²) in [6.45, 7) is 4.51. The Morgan fingerprint density at radius 1 is 1.55 bits per heavy atom. The summed E-state index contributed by atoms with van der Waals surface area (Å²) in [6.07, 6.45) is 2.37. The van der Waals surface area contributed by atoms with Gasteiger partial charge in [-0.25, -0.2) is 4.79 Å². The summed E-state index contributed by atoms with van der Waals surface area (Å²) in [6, 6.07) is 0. The van der Waals surface area contributed by atoms with Crippen LogP contribution in [-0.2, 0) is 18.8 Å². The van der Waals surface area contributed by atoms with E-state index in [1.165, 1.54) is 0 Å². The molecule has 106 valence electrons. The second-order valence-corrected chi connectivity index (χ2v) is 5.01. The lowest BCUT2D eigenvalue weighted by Crippen LogP contribution is -2.38. The first kappa shape index (κ1) is 13.3. The van der Waals surface area contributed by atoms with Crippen molar-refractivity contribution in [1.82, 2.24) is 0 Å². The van der Waals surface area contributed by atoms with E-state index >= 15 is 0 Å². The van der Waals surface area contributed by atoms with E-state index in [2.05, 4.69) is 0 Å². The zero-order valence-corrected chi connectivity index (χ0v) is 11.4. The first-order valence-electron chi connectivity index (χ1n) is 6.53. The SMILES string of the molecule is CC1=C2C=COCC3=C2B(OC3C)OC1COC(N)=O. The van der Waals surface area contributed by atoms with Crippen LogP contribution in [0.4, 0.5) is 4.79 Å². The van der Waals surface area contributed by atoms with Gasteiger partial charge in [-0.1, -0.05) is 0 Å². The van der Waals surface area contributed by atoms with Crippen LogP contribution in [-0.4, -0.2) is 38.6 Å². The fraction of sp³-hybridized carbons (Fsp3) is 0.462. The van der Waals surface area contributed by atoms with Crippen LogP contribution in [0.1, 0.15) is 13.8 Å². The molecule has 2 atom stereocenters. The number of nitrogens with two attached hydrogens (primary N) is 1. The number of ether oxygens (including phenoxy) is 2. The van der Waals surface area contributed by atoms with Crippen LogP contribution in [0.2, 0.25) is 0 Å². The molecule has 3 aliphatic rings. The first-order valence-corrected chi connectivity index (χ1v) is 6.53. The van der Waals surface area contributed by atoms with Crippen molar-refractivity contribution in [3.05, 3.63) is 34.5 Å². The van der Waals surface area contributed by atoms with Crippen molar-refractivity contribution in [3.8, 4) is 0 Å². The fourth-order valence-electron chi connectivity index (χ4n) is 2.74. The number of allylic oxidation sites excluding steroid dienone is 3. The number of primary amides is 1. The van der Waals surface area contributed by atoms with Gasteiger partial charge in [-0.2, -0.15) is 0 Å². The van der Waals surface area contributed by atoms with E-state index in [1.807, 2.05) is 19.9 Å². The van der Waals surface area contributed by atoms with Gasteiger partial charge >= 0.3 is 13.2 Å². The molecule has 7 heteroatoms. The number of amides is 1. The Morgan fingerprint density at radius 2 is 2.35 bits per heavy atom. The third kappa shape index (κ3) is 2.12. The van der Waals surface area contributed by atoms with Gasteiger partial charge in [-0.3, -0.25) is 0 Å². The van der Waals surface area contributed by atoms with E-state index in [0.29, 0.717) is 6.61 Å². The van der Waals surface area contributed by atoms with Gasteiger partial charge in [0.15, 0.2) is 0 Å². The zero-order chi connectivity index (χ0) is 14.3. The predicted molar refractivity (Wildman–Crippen MR) is 71.5 cm³/mol. The van der Waals surface area contributed by atoms with Gasteiger partial charge < -0.3 is 24.5 Å². The minimum atomic E-state index is -0.811. The highest BCUT2D eigenvalue weighted by atomic mass is 16.6. The Balaban J connectivity index is 1.96. The second-order valence-electron chi connectivity index (χ2n) is 5.01. The molecule has 3 rings (SSSR count). The molecule has 20 heavy (non-hydrogen) atoms. The van der Waals surface area contributed by atoms with Crippen molar-refractivity contribution in [2.75, 3.05) is 13.2 Å². The highest BCUT2D eigenvalue weighted by Gasteiger charge is 2.45. The zero-order valence-electron chi connectivity index (χ0n) is 11.4. The highest BCUT2D eigenvalue weighted by molar-refractivity contribution is 6.57. The predicted octanol–water partition coefficient (Wildman–Crippen LogP) is 1.08. The highest BCUT2D eigenvalue weighted by Crippen LogP contribution is 2.39. The van der Waals surface area contributed by atoms with Gasteiger partial charge in [-0.15, -0.1) is 0 Å². The van der Waals surface area contributed by atoms with Gasteiger partial charge in [-0.05, 0) is 42.1 Å². The molecule has 6 nitrogen and oxygen atoms in total. The molecule has 2 N–H and O–H groups in total. The lowest BCUT2D eigenvalue weighted by Gasteiger charge is -2.29. The van der Waals surface area contributed by atoms with Crippen LogP contribution in [0.3, 0.4) is 0 Å². The van der Waals surface area contributed by atoms with Crippen LogP contribution >= 0.6 is 0 Å². The molecule has 3 heterocycles. The lowest BCUT2D eigenvalue weighted by atomic mass is 9.69. The topological polar surface area (TPSA) is 80.0 Å². The van der Waals surface area contributed by atoms with E-state index in [-0.39, 0.29) is 18.8 Å². The average Bonchev–Trinajstić information content (AvgIpc) is 2.61. The molecule has 0 saturated heterocycles. The van der Waals surface area contributed by atoms with Crippen molar-refractivity contribution in [1.29, 1.82) is 0 Å². The van der Waals surface area contributed by atoms with Crippen LogP contribution in [0.15, 0.2) is 34.5 Å². The smallest absolute Gasteiger partial charge is 0.495 e. The molecule has 0 saturated carbocycles. The molecule has 2 unspecified atom stereocenters. The largest absolute Gasteiger partial charge is 0.497 e. The van der Waals surface area contributed by atoms with E-state index in [4.69, 9.17) is 24.5 Å². The van der Waals surface area contributed by atoms with Crippen molar-refractivity contribution in [2.24, 2.45) is 5.73 Å². The number of carbonyl (C=O) groups is 1. The summed E-state index contributed by atoms with van der Waals surface area (Å²) in [7, 11) is -0.438. The Kier molecular flexibility index (Phi) is 3.31. The first-order chi connectivity index (χ1) is 9.58. The molecule has 0 spiro atoms. The summed E-state index contributed by atoms with van der Waals surface area (Å²) in [5.74, 6) is 0. The minimum Gasteiger partial charge on any atom is -0.497 e. The van der Waals surface area contributed by atoms with Crippen molar-refractivity contribution < 1.29 is 23.6 Å². The molecule has 3 aliphatic heterocycles. The Bertz CT molecular complexity index is 539. The molecule has 0 aromatic rings. The molecular formula is C13H16BNO5. The lowest BCUT2D eigenvalue weighted by molar-refractivity contribution is 0.0798. The summed E-state index contributed by atoms with van der Waals surface area (Å²) < 4.78 is 22.0. The van der Waals surface area contributed by atoms with Crippen LogP contribution in [0.25, 0.3) is 0 Å². The second kappa shape index (κ2) is 4.99. The molecule has 1 amide bonds. The monoisotopic (exact) mass is 277 g/mol. The standard InChI is InChI=1S/C13H16BNO5/c1-7-9-3-4-17-5-10-8(2)19-14(12(9)10)20-11(7)6-18-13(15)16/h3-4,8,11H,5-6H2,1-2H3,(H2,15,16). The average molecular weight is 277 g/mol. The van der Waals surface area contributed by atoms with Gasteiger partial charge in [0.1, 0.15) is 13.2 Å². The van der Waals surface area contributed by atoms with Crippen LogP contribution in [0.5, 0.6) is 0 Å². The number of hydrogen-bond donors (Lipinski definition) is 1. The summed E-state index contributed by atoms with van der Waals surface area (Å²) >= 11 is 0. The molecule has 0 aromatic carbocycles. The Hall–Kier alpha value is -1.73. The molecular weight excluding hydrogens is 261 g/mol. The summed E-state index contributed by atoms with van der Waals surface area (Å²) in [4.78, 5) is 10.8. The van der Waals surface area contributed by atoms with Gasteiger partial charge in [0.2, 0.25) is 0 Å². The van der Waals surface area contributed by atoms with E-state index < -0.39 is 13.2 Å². The maximum atomic E-state index is 10.8. The summed E-state index contributed by atoms with van der Waals surface area (Å²) in [5.41, 5.74) is 9.16. The van der Waals surface area contributed by atoms with Crippen LogP contribution < -0.4 is 5.73 Å². The van der Waals surface area contributed by atoms with Crippen LogP contribution in [0, 0.1) is 0 Å². The third-order valence-electron chi connectivity index (χ3n) is 3.83. The quantitative estimate of drug-likeness (QED) is 0.764. The fourth-order valence-corrected chi connectivity index (χ4v) is 2.74. The third-order valence-corrected chi connectivity index (χ3v) is 3.83. The van der Waals surface area contributed by atoms with Crippen molar-refractivity contribution in [2.45, 2.75) is 26.1 Å². The normalized spacial score (nSPS) is 28.2. The van der Waals surface area contributed by atoms with E-state index in [0.717, 1.165) is 22.2 Å². The molecule has 0 fully saturated rings.